The van der Waals surface area contributed by atoms with Crippen molar-refractivity contribution in [1.29, 1.82) is 0 Å². The molecule has 0 unspecified atom stereocenters. The summed E-state index contributed by atoms with van der Waals surface area (Å²) in [6, 6.07) is 4.97. The van der Waals surface area contributed by atoms with Gasteiger partial charge in [-0.2, -0.15) is 11.3 Å². The molecular formula is C14H13FN2O3S. The van der Waals surface area contributed by atoms with Crippen LogP contribution in [0.5, 0.6) is 0 Å². The number of benzene rings is 1. The maximum Gasteiger partial charge on any atom is 0.338 e. The van der Waals surface area contributed by atoms with E-state index in [1.54, 1.807) is 7.05 Å². The molecule has 5 nitrogen and oxygen atoms in total. The molecule has 0 spiro atoms. The zero-order chi connectivity index (χ0) is 15.4. The summed E-state index contributed by atoms with van der Waals surface area (Å²) < 4.78 is 13.5. The number of nitrogens with zero attached hydrogens (tertiary/aromatic N) is 1. The second kappa shape index (κ2) is 6.36. The van der Waals surface area contributed by atoms with Gasteiger partial charge in [0.15, 0.2) is 0 Å². The summed E-state index contributed by atoms with van der Waals surface area (Å²) in [4.78, 5) is 24.1. The summed E-state index contributed by atoms with van der Waals surface area (Å²) in [5.74, 6) is -2.24. The van der Waals surface area contributed by atoms with Crippen molar-refractivity contribution in [2.24, 2.45) is 0 Å². The van der Waals surface area contributed by atoms with Crippen molar-refractivity contribution in [3.8, 4) is 0 Å². The first-order valence-electron chi connectivity index (χ1n) is 6.03. The number of urea groups is 1. The molecule has 1 aromatic carbocycles. The van der Waals surface area contributed by atoms with Crippen LogP contribution in [0, 0.1) is 5.82 Å². The van der Waals surface area contributed by atoms with Crippen LogP contribution < -0.4 is 5.32 Å². The van der Waals surface area contributed by atoms with Gasteiger partial charge in [0.25, 0.3) is 0 Å². The second-order valence-electron chi connectivity index (χ2n) is 4.42. The lowest BCUT2D eigenvalue weighted by atomic mass is 10.2. The highest BCUT2D eigenvalue weighted by Gasteiger charge is 2.13. The van der Waals surface area contributed by atoms with Crippen LogP contribution in [-0.4, -0.2) is 29.1 Å². The van der Waals surface area contributed by atoms with Gasteiger partial charge in [0.2, 0.25) is 0 Å². The van der Waals surface area contributed by atoms with E-state index in [-0.39, 0.29) is 5.69 Å². The van der Waals surface area contributed by atoms with Crippen LogP contribution in [0.4, 0.5) is 14.9 Å². The van der Waals surface area contributed by atoms with Crippen molar-refractivity contribution in [1.82, 2.24) is 4.90 Å². The predicted molar refractivity (Wildman–Crippen MR) is 78.2 cm³/mol. The van der Waals surface area contributed by atoms with Gasteiger partial charge < -0.3 is 15.3 Å². The topological polar surface area (TPSA) is 69.6 Å². The first kappa shape index (κ1) is 15.0. The highest BCUT2D eigenvalue weighted by atomic mass is 32.1. The SMILES string of the molecule is CN(Cc1ccsc1)C(=O)Nc1ccc(C(=O)O)c(F)c1. The number of rotatable bonds is 4. The molecule has 1 heterocycles. The normalized spacial score (nSPS) is 10.2. The van der Waals surface area contributed by atoms with Crippen molar-refractivity contribution in [2.45, 2.75) is 6.54 Å². The first-order valence-corrected chi connectivity index (χ1v) is 6.97. The van der Waals surface area contributed by atoms with Gasteiger partial charge in [-0.15, -0.1) is 0 Å². The molecule has 0 saturated carbocycles. The summed E-state index contributed by atoms with van der Waals surface area (Å²) in [6.07, 6.45) is 0. The lowest BCUT2D eigenvalue weighted by Gasteiger charge is -2.17. The van der Waals surface area contributed by atoms with Crippen molar-refractivity contribution < 1.29 is 19.1 Å². The van der Waals surface area contributed by atoms with E-state index in [1.165, 1.54) is 22.3 Å². The van der Waals surface area contributed by atoms with Gasteiger partial charge in [0, 0.05) is 19.3 Å². The lowest BCUT2D eigenvalue weighted by Crippen LogP contribution is -2.30. The number of carbonyl (C=O) groups excluding carboxylic acids is 1. The minimum absolute atomic E-state index is 0.208. The minimum atomic E-state index is -1.35. The summed E-state index contributed by atoms with van der Waals surface area (Å²) in [5.41, 5.74) is 0.782. The van der Waals surface area contributed by atoms with Crippen LogP contribution in [0.1, 0.15) is 15.9 Å². The molecule has 2 aromatic rings. The number of halogens is 1. The van der Waals surface area contributed by atoms with Crippen LogP contribution in [0.25, 0.3) is 0 Å². The van der Waals surface area contributed by atoms with E-state index in [2.05, 4.69) is 5.32 Å². The molecule has 0 radical (unpaired) electrons. The molecule has 0 bridgehead atoms. The molecule has 0 aliphatic heterocycles. The van der Waals surface area contributed by atoms with Crippen molar-refractivity contribution >= 4 is 29.0 Å². The van der Waals surface area contributed by atoms with Crippen LogP contribution >= 0.6 is 11.3 Å². The summed E-state index contributed by atoms with van der Waals surface area (Å²) >= 11 is 1.54. The molecule has 2 amide bonds. The van der Waals surface area contributed by atoms with Gasteiger partial charge in [-0.25, -0.2) is 14.0 Å². The number of anilines is 1. The fraction of sp³-hybridized carbons (Fsp3) is 0.143. The minimum Gasteiger partial charge on any atom is -0.478 e. The number of amides is 2. The Hall–Kier alpha value is -2.41. The fourth-order valence-corrected chi connectivity index (χ4v) is 2.37. The number of aromatic carboxylic acids is 1. The van der Waals surface area contributed by atoms with Gasteiger partial charge in [-0.05, 0) is 40.6 Å². The van der Waals surface area contributed by atoms with E-state index in [1.807, 2.05) is 16.8 Å². The maximum absolute atomic E-state index is 13.5. The predicted octanol–water partition coefficient (Wildman–Crippen LogP) is 3.25. The van der Waals surface area contributed by atoms with Gasteiger partial charge >= 0.3 is 12.0 Å². The molecule has 0 fully saturated rings. The molecular weight excluding hydrogens is 295 g/mol. The van der Waals surface area contributed by atoms with E-state index in [0.29, 0.717) is 6.54 Å². The zero-order valence-electron chi connectivity index (χ0n) is 11.2. The largest absolute Gasteiger partial charge is 0.478 e. The maximum atomic E-state index is 13.5. The quantitative estimate of drug-likeness (QED) is 0.911. The van der Waals surface area contributed by atoms with Crippen molar-refractivity contribution in [3.63, 3.8) is 0 Å². The third-order valence-electron chi connectivity index (χ3n) is 2.80. The Labute approximate surface area is 124 Å². The first-order chi connectivity index (χ1) is 9.97. The lowest BCUT2D eigenvalue weighted by molar-refractivity contribution is 0.0692. The molecule has 1 aromatic heterocycles. The monoisotopic (exact) mass is 308 g/mol. The Kier molecular flexibility index (Phi) is 4.54. The molecule has 7 heteroatoms. The Morgan fingerprint density at radius 3 is 2.71 bits per heavy atom. The average Bonchev–Trinajstić information content (AvgIpc) is 2.91. The van der Waals surface area contributed by atoms with E-state index in [0.717, 1.165) is 17.7 Å². The molecule has 2 N–H and O–H groups in total. The molecule has 0 aliphatic carbocycles. The average molecular weight is 308 g/mol. The number of carboxylic acid groups (broad SMARTS) is 1. The fourth-order valence-electron chi connectivity index (χ4n) is 1.71. The standard InChI is InChI=1S/C14H13FN2O3S/c1-17(7-9-4-5-21-8-9)14(20)16-10-2-3-11(13(18)19)12(15)6-10/h2-6,8H,7H2,1H3,(H,16,20)(H,18,19). The summed E-state index contributed by atoms with van der Waals surface area (Å²) in [6.45, 7) is 0.436. The Morgan fingerprint density at radius 1 is 1.38 bits per heavy atom. The number of carboxylic acids is 1. The summed E-state index contributed by atoms with van der Waals surface area (Å²) in [7, 11) is 1.62. The van der Waals surface area contributed by atoms with Crippen LogP contribution in [0.15, 0.2) is 35.0 Å². The highest BCUT2D eigenvalue weighted by molar-refractivity contribution is 7.07. The van der Waals surface area contributed by atoms with E-state index in [4.69, 9.17) is 5.11 Å². The van der Waals surface area contributed by atoms with Gasteiger partial charge in [-0.3, -0.25) is 0 Å². The van der Waals surface area contributed by atoms with Gasteiger partial charge in [0.1, 0.15) is 5.82 Å². The molecule has 110 valence electrons. The molecule has 0 atom stereocenters. The Balaban J connectivity index is 2.02. The van der Waals surface area contributed by atoms with Crippen LogP contribution in [0.2, 0.25) is 0 Å². The number of thiophene rings is 1. The molecule has 0 aliphatic rings. The van der Waals surface area contributed by atoms with Gasteiger partial charge in [0.05, 0.1) is 5.56 Å². The van der Waals surface area contributed by atoms with E-state index >= 15 is 0 Å². The molecule has 0 saturated heterocycles. The molecule has 21 heavy (non-hydrogen) atoms. The third-order valence-corrected chi connectivity index (χ3v) is 3.53. The van der Waals surface area contributed by atoms with Crippen LogP contribution in [0.3, 0.4) is 0 Å². The van der Waals surface area contributed by atoms with Crippen molar-refractivity contribution in [2.75, 3.05) is 12.4 Å². The zero-order valence-corrected chi connectivity index (χ0v) is 12.0. The third kappa shape index (κ3) is 3.79. The number of nitrogens with one attached hydrogen (secondary N) is 1. The summed E-state index contributed by atoms with van der Waals surface area (Å²) in [5, 5.41) is 15.1. The highest BCUT2D eigenvalue weighted by Crippen LogP contribution is 2.16. The number of hydrogen-bond donors (Lipinski definition) is 2. The second-order valence-corrected chi connectivity index (χ2v) is 5.20. The van der Waals surface area contributed by atoms with E-state index < -0.39 is 23.4 Å². The van der Waals surface area contributed by atoms with Gasteiger partial charge in [-0.1, -0.05) is 0 Å². The number of hydrogen-bond acceptors (Lipinski definition) is 3. The van der Waals surface area contributed by atoms with Crippen molar-refractivity contribution in [3.05, 3.63) is 52.0 Å². The Morgan fingerprint density at radius 2 is 2.14 bits per heavy atom. The number of carbonyl (C=O) groups is 2. The smallest absolute Gasteiger partial charge is 0.338 e. The van der Waals surface area contributed by atoms with Crippen LogP contribution in [-0.2, 0) is 6.54 Å². The van der Waals surface area contributed by atoms with E-state index in [9.17, 15) is 14.0 Å². The Bertz CT molecular complexity index is 658. The molecule has 2 rings (SSSR count).